The van der Waals surface area contributed by atoms with Gasteiger partial charge in [-0.25, -0.2) is 4.39 Å². The van der Waals surface area contributed by atoms with E-state index in [1.165, 1.54) is 6.07 Å². The van der Waals surface area contributed by atoms with E-state index in [2.05, 4.69) is 20.5 Å². The average molecular weight is 329 g/mol. The second-order valence-corrected chi connectivity index (χ2v) is 5.49. The number of hydrogen-bond acceptors (Lipinski definition) is 1. The van der Waals surface area contributed by atoms with Crippen LogP contribution >= 0.6 is 15.9 Å². The van der Waals surface area contributed by atoms with Gasteiger partial charge in [-0.15, -0.1) is 0 Å². The monoisotopic (exact) mass is 328 g/mol. The molecule has 3 rings (SSSR count). The third kappa shape index (κ3) is 2.33. The van der Waals surface area contributed by atoms with Crippen LogP contribution in [0, 0.1) is 17.1 Å². The molecule has 0 aliphatic rings. The molecule has 0 atom stereocenters. The molecular weight excluding hydrogens is 319 g/mol. The molecule has 0 spiro atoms. The van der Waals surface area contributed by atoms with Gasteiger partial charge in [-0.1, -0.05) is 28.1 Å². The van der Waals surface area contributed by atoms with Crippen molar-refractivity contribution in [2.24, 2.45) is 0 Å². The van der Waals surface area contributed by atoms with E-state index in [0.717, 1.165) is 20.9 Å². The second-order valence-electron chi connectivity index (χ2n) is 4.57. The molecular formula is C16H10BrFN2. The highest BCUT2D eigenvalue weighted by atomic mass is 79.9. The van der Waals surface area contributed by atoms with Crippen molar-refractivity contribution in [1.29, 1.82) is 5.26 Å². The van der Waals surface area contributed by atoms with Crippen molar-refractivity contribution in [1.82, 2.24) is 4.57 Å². The topological polar surface area (TPSA) is 28.7 Å². The lowest BCUT2D eigenvalue weighted by Gasteiger charge is -2.07. The minimum atomic E-state index is -0.476. The smallest absolute Gasteiger partial charge is 0.140 e. The summed E-state index contributed by atoms with van der Waals surface area (Å²) in [6, 6.07) is 14.6. The van der Waals surface area contributed by atoms with E-state index < -0.39 is 5.82 Å². The Hall–Kier alpha value is -2.12. The largest absolute Gasteiger partial charge is 0.343 e. The Kier molecular flexibility index (Phi) is 3.29. The normalized spacial score (nSPS) is 10.7. The molecule has 0 radical (unpaired) electrons. The van der Waals surface area contributed by atoms with Crippen LogP contribution in [0.3, 0.4) is 0 Å². The van der Waals surface area contributed by atoms with Gasteiger partial charge >= 0.3 is 0 Å². The van der Waals surface area contributed by atoms with Crippen LogP contribution in [0.25, 0.3) is 10.9 Å². The lowest BCUT2D eigenvalue weighted by atomic mass is 10.1. The van der Waals surface area contributed by atoms with Gasteiger partial charge in [0, 0.05) is 22.7 Å². The molecule has 0 saturated carbocycles. The number of nitriles is 1. The van der Waals surface area contributed by atoms with Crippen LogP contribution in [0.2, 0.25) is 0 Å². The van der Waals surface area contributed by atoms with E-state index >= 15 is 0 Å². The van der Waals surface area contributed by atoms with Crippen LogP contribution in [-0.4, -0.2) is 4.57 Å². The molecule has 0 amide bonds. The van der Waals surface area contributed by atoms with Crippen LogP contribution in [0.1, 0.15) is 11.1 Å². The Bertz CT molecular complexity index is 830. The molecule has 1 aromatic heterocycles. The van der Waals surface area contributed by atoms with E-state index in [4.69, 9.17) is 5.26 Å². The highest BCUT2D eigenvalue weighted by molar-refractivity contribution is 9.10. The first kappa shape index (κ1) is 12.9. The van der Waals surface area contributed by atoms with Crippen molar-refractivity contribution >= 4 is 26.8 Å². The molecule has 2 aromatic carbocycles. The zero-order valence-corrected chi connectivity index (χ0v) is 12.1. The minimum Gasteiger partial charge on any atom is -0.343 e. The minimum absolute atomic E-state index is 0.0835. The predicted molar refractivity (Wildman–Crippen MR) is 79.9 cm³/mol. The summed E-state index contributed by atoms with van der Waals surface area (Å²) in [6.07, 6.45) is 1.99. The number of halogens is 2. The summed E-state index contributed by atoms with van der Waals surface area (Å²) >= 11 is 3.46. The third-order valence-electron chi connectivity index (χ3n) is 3.24. The van der Waals surface area contributed by atoms with Gasteiger partial charge in [0.15, 0.2) is 0 Å². The van der Waals surface area contributed by atoms with Gasteiger partial charge in [0.1, 0.15) is 11.9 Å². The fourth-order valence-corrected chi connectivity index (χ4v) is 2.60. The van der Waals surface area contributed by atoms with Gasteiger partial charge < -0.3 is 4.57 Å². The molecule has 2 nitrogen and oxygen atoms in total. The molecule has 0 aliphatic heterocycles. The van der Waals surface area contributed by atoms with E-state index in [9.17, 15) is 4.39 Å². The Balaban J connectivity index is 2.01. The van der Waals surface area contributed by atoms with Crippen LogP contribution in [0.5, 0.6) is 0 Å². The van der Waals surface area contributed by atoms with E-state index in [1.807, 2.05) is 36.5 Å². The van der Waals surface area contributed by atoms with Gasteiger partial charge in [0.05, 0.1) is 5.56 Å². The van der Waals surface area contributed by atoms with Crippen molar-refractivity contribution < 1.29 is 4.39 Å². The molecule has 0 unspecified atom stereocenters. The standard InChI is InChI=1S/C16H10BrFN2/c17-14-3-2-12-5-6-20(16(12)8-14)10-11-1-4-15(18)13(7-11)9-19/h1-8H,10H2. The number of benzene rings is 2. The Morgan fingerprint density at radius 1 is 1.15 bits per heavy atom. The molecule has 98 valence electrons. The predicted octanol–water partition coefficient (Wildman–Crippen LogP) is 4.46. The van der Waals surface area contributed by atoms with Gasteiger partial charge in [0.2, 0.25) is 0 Å². The van der Waals surface area contributed by atoms with Crippen molar-refractivity contribution in [2.45, 2.75) is 6.54 Å². The van der Waals surface area contributed by atoms with E-state index in [0.29, 0.717) is 6.54 Å². The summed E-state index contributed by atoms with van der Waals surface area (Å²) in [5.41, 5.74) is 2.09. The summed E-state index contributed by atoms with van der Waals surface area (Å²) in [5.74, 6) is -0.476. The summed E-state index contributed by atoms with van der Waals surface area (Å²) in [5, 5.41) is 10.0. The molecule has 0 aliphatic carbocycles. The fraction of sp³-hybridized carbons (Fsp3) is 0.0625. The Morgan fingerprint density at radius 2 is 2.00 bits per heavy atom. The zero-order valence-electron chi connectivity index (χ0n) is 10.5. The number of fused-ring (bicyclic) bond motifs is 1. The molecule has 4 heteroatoms. The highest BCUT2D eigenvalue weighted by Crippen LogP contribution is 2.22. The first-order valence-corrected chi connectivity index (χ1v) is 6.89. The fourth-order valence-electron chi connectivity index (χ4n) is 2.25. The van der Waals surface area contributed by atoms with Crippen LogP contribution in [0.15, 0.2) is 53.1 Å². The maximum absolute atomic E-state index is 13.3. The summed E-state index contributed by atoms with van der Waals surface area (Å²) in [7, 11) is 0. The number of rotatable bonds is 2. The summed E-state index contributed by atoms with van der Waals surface area (Å²) in [4.78, 5) is 0. The van der Waals surface area contributed by atoms with Gasteiger partial charge in [-0.05, 0) is 41.3 Å². The van der Waals surface area contributed by atoms with E-state index in [1.54, 1.807) is 12.1 Å². The van der Waals surface area contributed by atoms with Crippen LogP contribution in [-0.2, 0) is 6.54 Å². The highest BCUT2D eigenvalue weighted by Gasteiger charge is 2.06. The van der Waals surface area contributed by atoms with Crippen molar-refractivity contribution in [3.63, 3.8) is 0 Å². The molecule has 0 fully saturated rings. The van der Waals surface area contributed by atoms with Gasteiger partial charge in [0.25, 0.3) is 0 Å². The van der Waals surface area contributed by atoms with Gasteiger partial charge in [-0.3, -0.25) is 0 Å². The SMILES string of the molecule is N#Cc1cc(Cn2ccc3ccc(Br)cc32)ccc1F. The molecule has 1 heterocycles. The maximum atomic E-state index is 13.3. The summed E-state index contributed by atoms with van der Waals surface area (Å²) < 4.78 is 16.4. The molecule has 0 saturated heterocycles. The van der Waals surface area contributed by atoms with E-state index in [-0.39, 0.29) is 5.56 Å². The lowest BCUT2D eigenvalue weighted by Crippen LogP contribution is -1.99. The van der Waals surface area contributed by atoms with Crippen molar-refractivity contribution in [3.05, 3.63) is 70.1 Å². The number of nitrogens with zero attached hydrogens (tertiary/aromatic N) is 2. The summed E-state index contributed by atoms with van der Waals surface area (Å²) in [6.45, 7) is 0.606. The molecule has 3 aromatic rings. The van der Waals surface area contributed by atoms with Crippen molar-refractivity contribution in [3.8, 4) is 6.07 Å². The maximum Gasteiger partial charge on any atom is 0.140 e. The van der Waals surface area contributed by atoms with Gasteiger partial charge in [-0.2, -0.15) is 5.26 Å². The van der Waals surface area contributed by atoms with Crippen LogP contribution < -0.4 is 0 Å². The first-order valence-electron chi connectivity index (χ1n) is 6.10. The molecule has 0 N–H and O–H groups in total. The molecule has 20 heavy (non-hydrogen) atoms. The lowest BCUT2D eigenvalue weighted by molar-refractivity contribution is 0.622. The van der Waals surface area contributed by atoms with Crippen LogP contribution in [0.4, 0.5) is 4.39 Å². The third-order valence-corrected chi connectivity index (χ3v) is 3.73. The Labute approximate surface area is 124 Å². The first-order chi connectivity index (χ1) is 9.67. The zero-order chi connectivity index (χ0) is 14.1. The number of hydrogen-bond donors (Lipinski definition) is 0. The van der Waals surface area contributed by atoms with Crippen molar-refractivity contribution in [2.75, 3.05) is 0 Å². The Morgan fingerprint density at radius 3 is 2.80 bits per heavy atom. The quantitative estimate of drug-likeness (QED) is 0.682. The average Bonchev–Trinajstić information content (AvgIpc) is 2.83. The molecule has 0 bridgehead atoms. The number of aromatic nitrogens is 1. The second kappa shape index (κ2) is 5.10.